The average molecular weight is 445 g/mol. The second kappa shape index (κ2) is 9.08. The number of hydrogen-bond acceptors (Lipinski definition) is 5. The minimum absolute atomic E-state index is 0.202. The summed E-state index contributed by atoms with van der Waals surface area (Å²) in [6, 6.07) is 18.8. The van der Waals surface area contributed by atoms with Gasteiger partial charge in [-0.2, -0.15) is 10.4 Å². The van der Waals surface area contributed by atoms with Crippen molar-refractivity contribution >= 4 is 34.2 Å². The van der Waals surface area contributed by atoms with Crippen LogP contribution in [0.25, 0.3) is 16.6 Å². The molecule has 0 saturated carbocycles. The van der Waals surface area contributed by atoms with Gasteiger partial charge in [0.2, 0.25) is 0 Å². The van der Waals surface area contributed by atoms with Gasteiger partial charge in [0, 0.05) is 17.0 Å². The lowest BCUT2D eigenvalue weighted by Gasteiger charge is -2.09. The van der Waals surface area contributed by atoms with Crippen molar-refractivity contribution < 1.29 is 4.79 Å². The Morgan fingerprint density at radius 2 is 2.00 bits per heavy atom. The zero-order chi connectivity index (χ0) is 22.7. The first kappa shape index (κ1) is 21.3. The number of nitrogens with one attached hydrogen (secondary N) is 1. The molecule has 0 atom stereocenters. The van der Waals surface area contributed by atoms with Crippen molar-refractivity contribution in [2.75, 3.05) is 12.3 Å². The monoisotopic (exact) mass is 444 g/mol. The molecule has 2 aromatic carbocycles. The van der Waals surface area contributed by atoms with Crippen LogP contribution in [0.5, 0.6) is 0 Å². The molecular weight excluding hydrogens is 424 g/mol. The molecule has 0 aliphatic carbocycles. The summed E-state index contributed by atoms with van der Waals surface area (Å²) >= 11 is 6.06. The number of nitrogen functional groups attached to an aromatic ring is 1. The van der Waals surface area contributed by atoms with Gasteiger partial charge in [0.05, 0.1) is 28.2 Å². The number of aryl methyl sites for hydroxylation is 2. The molecule has 160 valence electrons. The van der Waals surface area contributed by atoms with Crippen molar-refractivity contribution in [1.82, 2.24) is 20.1 Å². The number of halogens is 1. The number of fused-ring (bicyclic) bond motifs is 1. The van der Waals surface area contributed by atoms with Gasteiger partial charge >= 0.3 is 0 Å². The second-order valence-electron chi connectivity index (χ2n) is 7.38. The molecule has 7 nitrogen and oxygen atoms in total. The third kappa shape index (κ3) is 4.27. The molecule has 4 rings (SSSR count). The van der Waals surface area contributed by atoms with E-state index in [2.05, 4.69) is 21.5 Å². The molecule has 0 bridgehead atoms. The van der Waals surface area contributed by atoms with Gasteiger partial charge in [0.25, 0.3) is 5.91 Å². The second-order valence-corrected chi connectivity index (χ2v) is 7.82. The van der Waals surface area contributed by atoms with Crippen molar-refractivity contribution in [3.8, 4) is 11.8 Å². The number of pyridine rings is 1. The van der Waals surface area contributed by atoms with Crippen LogP contribution in [0.2, 0.25) is 5.02 Å². The average Bonchev–Trinajstić information content (AvgIpc) is 3.12. The standard InChI is InChI=1S/C24H21ClN6O/c1-15-19(13-16-12-17(25)9-10-21(16)29-15)24(32)28-11-5-8-22-20(14-26)23(27)31(30-22)18-6-3-2-4-7-18/h2-4,6-7,9-10,12-13H,5,8,11,27H2,1H3,(H,28,32). The smallest absolute Gasteiger partial charge is 0.253 e. The SMILES string of the molecule is Cc1nc2ccc(Cl)cc2cc1C(=O)NCCCc1nn(-c2ccccc2)c(N)c1C#N. The molecule has 2 heterocycles. The minimum atomic E-state index is -0.202. The molecule has 0 aliphatic rings. The number of benzene rings is 2. The Morgan fingerprint density at radius 1 is 1.22 bits per heavy atom. The molecule has 32 heavy (non-hydrogen) atoms. The van der Waals surface area contributed by atoms with Crippen LogP contribution in [0.4, 0.5) is 5.82 Å². The van der Waals surface area contributed by atoms with Crippen molar-refractivity contribution in [3.63, 3.8) is 0 Å². The Hall–Kier alpha value is -3.89. The van der Waals surface area contributed by atoms with Gasteiger partial charge in [-0.05, 0) is 56.2 Å². The van der Waals surface area contributed by atoms with E-state index in [9.17, 15) is 10.1 Å². The number of carbonyl (C=O) groups excluding carboxylic acids is 1. The zero-order valence-electron chi connectivity index (χ0n) is 17.5. The number of nitrogens with zero attached hydrogens (tertiary/aromatic N) is 4. The molecule has 1 amide bonds. The lowest BCUT2D eigenvalue weighted by Crippen LogP contribution is -2.26. The molecule has 0 saturated heterocycles. The Balaban J connectivity index is 1.43. The molecule has 3 N–H and O–H groups in total. The van der Waals surface area contributed by atoms with E-state index in [1.54, 1.807) is 29.8 Å². The third-order valence-electron chi connectivity index (χ3n) is 5.19. The number of carbonyl (C=O) groups is 1. The van der Waals surface area contributed by atoms with Crippen LogP contribution in [-0.2, 0) is 6.42 Å². The number of amides is 1. The molecule has 0 aliphatic heterocycles. The Labute approximate surface area is 190 Å². The number of hydrogen-bond donors (Lipinski definition) is 2. The van der Waals surface area contributed by atoms with Gasteiger partial charge in [-0.25, -0.2) is 4.68 Å². The first-order valence-corrected chi connectivity index (χ1v) is 10.5. The lowest BCUT2D eigenvalue weighted by atomic mass is 10.1. The number of rotatable bonds is 6. The normalized spacial score (nSPS) is 10.8. The number of nitriles is 1. The van der Waals surface area contributed by atoms with Crippen LogP contribution < -0.4 is 11.1 Å². The molecule has 4 aromatic rings. The Kier molecular flexibility index (Phi) is 6.06. The largest absolute Gasteiger partial charge is 0.382 e. The van der Waals surface area contributed by atoms with Crippen LogP contribution >= 0.6 is 11.6 Å². The molecule has 0 spiro atoms. The summed E-state index contributed by atoms with van der Waals surface area (Å²) in [5.41, 5.74) is 9.86. The summed E-state index contributed by atoms with van der Waals surface area (Å²) in [5.74, 6) is 0.112. The zero-order valence-corrected chi connectivity index (χ0v) is 18.2. The highest BCUT2D eigenvalue weighted by Gasteiger charge is 2.17. The first-order valence-electron chi connectivity index (χ1n) is 10.2. The third-order valence-corrected chi connectivity index (χ3v) is 5.43. The predicted octanol–water partition coefficient (Wildman–Crippen LogP) is 4.20. The van der Waals surface area contributed by atoms with Gasteiger partial charge in [-0.15, -0.1) is 0 Å². The molecule has 0 fully saturated rings. The van der Waals surface area contributed by atoms with E-state index in [-0.39, 0.29) is 5.91 Å². The van der Waals surface area contributed by atoms with Crippen LogP contribution in [0.3, 0.4) is 0 Å². The fourth-order valence-electron chi connectivity index (χ4n) is 3.57. The molecule has 8 heteroatoms. The fourth-order valence-corrected chi connectivity index (χ4v) is 3.75. The summed E-state index contributed by atoms with van der Waals surface area (Å²) < 4.78 is 1.57. The van der Waals surface area contributed by atoms with Crippen molar-refractivity contribution in [2.45, 2.75) is 19.8 Å². The maximum Gasteiger partial charge on any atom is 0.253 e. The van der Waals surface area contributed by atoms with E-state index in [0.29, 0.717) is 52.7 Å². The van der Waals surface area contributed by atoms with Crippen molar-refractivity contribution in [1.29, 1.82) is 5.26 Å². The molecular formula is C24H21ClN6O. The number of aromatic nitrogens is 3. The fraction of sp³-hybridized carbons (Fsp3) is 0.167. The van der Waals surface area contributed by atoms with Crippen LogP contribution in [0.15, 0.2) is 54.6 Å². The van der Waals surface area contributed by atoms with Gasteiger partial charge in [0.1, 0.15) is 17.5 Å². The van der Waals surface area contributed by atoms with Crippen LogP contribution in [-0.4, -0.2) is 27.2 Å². The maximum atomic E-state index is 12.7. The van der Waals surface area contributed by atoms with E-state index < -0.39 is 0 Å². The van der Waals surface area contributed by atoms with E-state index in [1.807, 2.05) is 36.4 Å². The van der Waals surface area contributed by atoms with E-state index in [1.165, 1.54) is 0 Å². The summed E-state index contributed by atoms with van der Waals surface area (Å²) in [6.07, 6.45) is 1.12. The van der Waals surface area contributed by atoms with E-state index >= 15 is 0 Å². The Morgan fingerprint density at radius 3 is 2.75 bits per heavy atom. The van der Waals surface area contributed by atoms with Gasteiger partial charge in [-0.1, -0.05) is 29.8 Å². The van der Waals surface area contributed by atoms with E-state index in [0.717, 1.165) is 16.6 Å². The van der Waals surface area contributed by atoms with Crippen molar-refractivity contribution in [2.24, 2.45) is 0 Å². The lowest BCUT2D eigenvalue weighted by molar-refractivity contribution is 0.0952. The number of nitrogens with two attached hydrogens (primary N) is 1. The topological polar surface area (TPSA) is 110 Å². The summed E-state index contributed by atoms with van der Waals surface area (Å²) in [6.45, 7) is 2.23. The molecule has 0 radical (unpaired) electrons. The summed E-state index contributed by atoms with van der Waals surface area (Å²) in [4.78, 5) is 17.2. The van der Waals surface area contributed by atoms with Gasteiger partial charge in [0.15, 0.2) is 0 Å². The first-order chi connectivity index (χ1) is 15.5. The Bertz CT molecular complexity index is 1340. The van der Waals surface area contributed by atoms with Crippen molar-refractivity contribution in [3.05, 3.63) is 82.1 Å². The van der Waals surface area contributed by atoms with Crippen LogP contribution in [0, 0.1) is 18.3 Å². The number of para-hydroxylation sites is 1. The highest BCUT2D eigenvalue weighted by molar-refractivity contribution is 6.31. The maximum absolute atomic E-state index is 12.7. The summed E-state index contributed by atoms with van der Waals surface area (Å²) in [5, 5.41) is 18.4. The molecule has 0 unspecified atom stereocenters. The van der Waals surface area contributed by atoms with Gasteiger partial charge in [-0.3, -0.25) is 9.78 Å². The van der Waals surface area contributed by atoms with Crippen LogP contribution in [0.1, 0.15) is 33.7 Å². The minimum Gasteiger partial charge on any atom is -0.382 e. The van der Waals surface area contributed by atoms with E-state index in [4.69, 9.17) is 17.3 Å². The quantitative estimate of drug-likeness (QED) is 0.433. The highest BCUT2D eigenvalue weighted by atomic mass is 35.5. The highest BCUT2D eigenvalue weighted by Crippen LogP contribution is 2.22. The molecule has 2 aromatic heterocycles. The summed E-state index contributed by atoms with van der Waals surface area (Å²) in [7, 11) is 0. The predicted molar refractivity (Wildman–Crippen MR) is 125 cm³/mol. The van der Waals surface area contributed by atoms with Gasteiger partial charge < -0.3 is 11.1 Å². The number of anilines is 1.